The normalized spacial score (nSPS) is 10.8. The van der Waals surface area contributed by atoms with Gasteiger partial charge in [0.25, 0.3) is 0 Å². The lowest BCUT2D eigenvalue weighted by atomic mass is 10.3. The van der Waals surface area contributed by atoms with Crippen molar-refractivity contribution < 1.29 is 4.74 Å². The fourth-order valence-corrected chi connectivity index (χ4v) is 2.57. The van der Waals surface area contributed by atoms with Crippen molar-refractivity contribution in [2.75, 3.05) is 38.2 Å². The van der Waals surface area contributed by atoms with Crippen LogP contribution >= 0.6 is 11.8 Å². The molecule has 0 aliphatic carbocycles. The number of anilines is 1. The Morgan fingerprint density at radius 1 is 1.29 bits per heavy atom. The molecule has 17 heavy (non-hydrogen) atoms. The second-order valence-electron chi connectivity index (χ2n) is 3.78. The maximum atomic E-state index is 5.96. The van der Waals surface area contributed by atoms with Gasteiger partial charge in [-0.1, -0.05) is 13.8 Å². The molecule has 96 valence electrons. The standard InChI is InChI=1S/C13H22N2OS/c1-4-15(5-2)8-9-17-13-7-6-11(16-3)10-12(13)14/h6-7,10H,4-5,8-9,14H2,1-3H3. The molecule has 0 fully saturated rings. The molecule has 0 amide bonds. The molecule has 1 aromatic carbocycles. The highest BCUT2D eigenvalue weighted by atomic mass is 32.2. The molecule has 0 spiro atoms. The molecule has 1 rings (SSSR count). The van der Waals surface area contributed by atoms with Crippen LogP contribution in [0.5, 0.6) is 5.75 Å². The Balaban J connectivity index is 2.46. The number of hydrogen-bond donors (Lipinski definition) is 1. The van der Waals surface area contributed by atoms with Gasteiger partial charge >= 0.3 is 0 Å². The van der Waals surface area contributed by atoms with Gasteiger partial charge in [-0.2, -0.15) is 0 Å². The zero-order valence-corrected chi connectivity index (χ0v) is 11.7. The van der Waals surface area contributed by atoms with Crippen LogP contribution in [0.15, 0.2) is 23.1 Å². The molecule has 0 heterocycles. The Morgan fingerprint density at radius 3 is 2.53 bits per heavy atom. The minimum Gasteiger partial charge on any atom is -0.497 e. The van der Waals surface area contributed by atoms with Gasteiger partial charge in [0.2, 0.25) is 0 Å². The number of nitrogen functional groups attached to an aromatic ring is 1. The number of thioether (sulfide) groups is 1. The van der Waals surface area contributed by atoms with E-state index in [1.165, 1.54) is 0 Å². The van der Waals surface area contributed by atoms with Crippen molar-refractivity contribution >= 4 is 17.4 Å². The highest BCUT2D eigenvalue weighted by Gasteiger charge is 2.03. The summed E-state index contributed by atoms with van der Waals surface area (Å²) in [5.41, 5.74) is 6.76. The molecule has 1 aromatic rings. The van der Waals surface area contributed by atoms with Gasteiger partial charge in [0.1, 0.15) is 5.75 Å². The van der Waals surface area contributed by atoms with Crippen LogP contribution in [0.1, 0.15) is 13.8 Å². The summed E-state index contributed by atoms with van der Waals surface area (Å²) in [6, 6.07) is 5.86. The monoisotopic (exact) mass is 254 g/mol. The van der Waals surface area contributed by atoms with E-state index in [-0.39, 0.29) is 0 Å². The van der Waals surface area contributed by atoms with E-state index in [4.69, 9.17) is 10.5 Å². The number of nitrogens with two attached hydrogens (primary N) is 1. The number of ether oxygens (including phenoxy) is 1. The largest absolute Gasteiger partial charge is 0.497 e. The highest BCUT2D eigenvalue weighted by Crippen LogP contribution is 2.28. The zero-order chi connectivity index (χ0) is 12.7. The maximum Gasteiger partial charge on any atom is 0.120 e. The summed E-state index contributed by atoms with van der Waals surface area (Å²) in [6.07, 6.45) is 0. The minimum absolute atomic E-state index is 0.800. The second kappa shape index (κ2) is 7.45. The van der Waals surface area contributed by atoms with Gasteiger partial charge in [0.15, 0.2) is 0 Å². The van der Waals surface area contributed by atoms with E-state index >= 15 is 0 Å². The van der Waals surface area contributed by atoms with Gasteiger partial charge in [0.05, 0.1) is 7.11 Å². The minimum atomic E-state index is 0.800. The first-order chi connectivity index (χ1) is 8.21. The highest BCUT2D eigenvalue weighted by molar-refractivity contribution is 7.99. The van der Waals surface area contributed by atoms with Gasteiger partial charge in [0, 0.05) is 28.9 Å². The number of hydrogen-bond acceptors (Lipinski definition) is 4. The van der Waals surface area contributed by atoms with E-state index < -0.39 is 0 Å². The molecule has 0 saturated carbocycles. The molecule has 3 nitrogen and oxygen atoms in total. The predicted molar refractivity (Wildman–Crippen MR) is 75.9 cm³/mol. The van der Waals surface area contributed by atoms with Gasteiger partial charge in [-0.25, -0.2) is 0 Å². The van der Waals surface area contributed by atoms with Crippen molar-refractivity contribution in [1.29, 1.82) is 0 Å². The fourth-order valence-electron chi connectivity index (χ4n) is 1.61. The summed E-state index contributed by atoms with van der Waals surface area (Å²) in [6.45, 7) is 7.69. The predicted octanol–water partition coefficient (Wildman–Crippen LogP) is 2.71. The van der Waals surface area contributed by atoms with Gasteiger partial charge < -0.3 is 15.4 Å². The van der Waals surface area contributed by atoms with Crippen molar-refractivity contribution in [1.82, 2.24) is 4.90 Å². The number of benzene rings is 1. The first-order valence-electron chi connectivity index (χ1n) is 5.99. The Morgan fingerprint density at radius 2 is 2.00 bits per heavy atom. The van der Waals surface area contributed by atoms with Gasteiger partial charge in [-0.05, 0) is 25.2 Å². The topological polar surface area (TPSA) is 38.5 Å². The average molecular weight is 254 g/mol. The first-order valence-corrected chi connectivity index (χ1v) is 6.98. The summed E-state index contributed by atoms with van der Waals surface area (Å²) in [5.74, 6) is 1.88. The number of nitrogens with zero attached hydrogens (tertiary/aromatic N) is 1. The Hall–Kier alpha value is -0.870. The molecule has 4 heteroatoms. The Bertz CT molecular complexity index is 340. The van der Waals surface area contributed by atoms with Crippen LogP contribution in [0.4, 0.5) is 5.69 Å². The molecule has 0 radical (unpaired) electrons. The van der Waals surface area contributed by atoms with Crippen LogP contribution in [-0.4, -0.2) is 37.4 Å². The van der Waals surface area contributed by atoms with Crippen molar-refractivity contribution in [3.63, 3.8) is 0 Å². The van der Waals surface area contributed by atoms with Crippen LogP contribution < -0.4 is 10.5 Å². The third-order valence-corrected chi connectivity index (χ3v) is 3.85. The summed E-state index contributed by atoms with van der Waals surface area (Å²) in [5, 5.41) is 0. The number of rotatable bonds is 7. The lowest BCUT2D eigenvalue weighted by Gasteiger charge is -2.17. The van der Waals surface area contributed by atoms with E-state index in [2.05, 4.69) is 18.7 Å². The van der Waals surface area contributed by atoms with Crippen molar-refractivity contribution in [3.8, 4) is 5.75 Å². The van der Waals surface area contributed by atoms with E-state index in [9.17, 15) is 0 Å². The summed E-state index contributed by atoms with van der Waals surface area (Å²) < 4.78 is 5.13. The molecular weight excluding hydrogens is 232 g/mol. The quantitative estimate of drug-likeness (QED) is 0.600. The van der Waals surface area contributed by atoms with Crippen LogP contribution in [-0.2, 0) is 0 Å². The van der Waals surface area contributed by atoms with Crippen LogP contribution in [0.3, 0.4) is 0 Å². The zero-order valence-electron chi connectivity index (χ0n) is 10.9. The van der Waals surface area contributed by atoms with Crippen molar-refractivity contribution in [3.05, 3.63) is 18.2 Å². The molecule has 0 aliphatic rings. The summed E-state index contributed by atoms with van der Waals surface area (Å²) in [4.78, 5) is 3.55. The lowest BCUT2D eigenvalue weighted by Crippen LogP contribution is -2.25. The van der Waals surface area contributed by atoms with Gasteiger partial charge in [-0.3, -0.25) is 0 Å². The van der Waals surface area contributed by atoms with Crippen molar-refractivity contribution in [2.45, 2.75) is 18.7 Å². The molecule has 0 aliphatic heterocycles. The first kappa shape index (κ1) is 14.2. The average Bonchev–Trinajstić information content (AvgIpc) is 2.36. The summed E-state index contributed by atoms with van der Waals surface area (Å²) >= 11 is 1.80. The van der Waals surface area contributed by atoms with E-state index in [0.717, 1.165) is 41.7 Å². The molecular formula is C13H22N2OS. The molecule has 0 bridgehead atoms. The molecule has 0 aromatic heterocycles. The smallest absolute Gasteiger partial charge is 0.120 e. The van der Waals surface area contributed by atoms with E-state index in [1.54, 1.807) is 18.9 Å². The van der Waals surface area contributed by atoms with Crippen LogP contribution in [0.2, 0.25) is 0 Å². The van der Waals surface area contributed by atoms with Crippen LogP contribution in [0, 0.1) is 0 Å². The fraction of sp³-hybridized carbons (Fsp3) is 0.538. The Labute approximate surface area is 108 Å². The van der Waals surface area contributed by atoms with Gasteiger partial charge in [-0.15, -0.1) is 11.8 Å². The lowest BCUT2D eigenvalue weighted by molar-refractivity contribution is 0.324. The molecule has 0 atom stereocenters. The van der Waals surface area contributed by atoms with Crippen LogP contribution in [0.25, 0.3) is 0 Å². The summed E-state index contributed by atoms with van der Waals surface area (Å²) in [7, 11) is 1.65. The third-order valence-electron chi connectivity index (χ3n) is 2.78. The van der Waals surface area contributed by atoms with E-state index in [0.29, 0.717) is 0 Å². The van der Waals surface area contributed by atoms with E-state index in [1.807, 2.05) is 18.2 Å². The number of methoxy groups -OCH3 is 1. The molecule has 0 unspecified atom stereocenters. The molecule has 2 N–H and O–H groups in total. The molecule has 0 saturated heterocycles. The van der Waals surface area contributed by atoms with Crippen molar-refractivity contribution in [2.24, 2.45) is 0 Å². The Kier molecular flexibility index (Phi) is 6.22. The third kappa shape index (κ3) is 4.48. The SMILES string of the molecule is CCN(CC)CCSc1ccc(OC)cc1N. The second-order valence-corrected chi connectivity index (χ2v) is 4.92. The maximum absolute atomic E-state index is 5.96.